The monoisotopic (exact) mass is 214 g/mol. The smallest absolute Gasteiger partial charge is 0.223 e. The molecule has 0 aromatic rings. The van der Waals surface area contributed by atoms with Gasteiger partial charge < -0.3 is 15.3 Å². The molecule has 0 bridgehead atoms. The van der Waals surface area contributed by atoms with E-state index in [-0.39, 0.29) is 18.4 Å². The number of piperidine rings is 1. The second kappa shape index (κ2) is 6.80. The molecule has 88 valence electrons. The second-order valence-corrected chi connectivity index (χ2v) is 4.25. The van der Waals surface area contributed by atoms with Crippen molar-refractivity contribution in [3.63, 3.8) is 0 Å². The minimum Gasteiger partial charge on any atom is -0.468 e. The summed E-state index contributed by atoms with van der Waals surface area (Å²) in [5, 5.41) is 11.5. The number of quaternary nitrogens is 1. The van der Waals surface area contributed by atoms with Crippen LogP contribution in [0, 0.1) is 13.0 Å². The third-order valence-corrected chi connectivity index (χ3v) is 2.95. The largest absolute Gasteiger partial charge is 0.468 e. The fraction of sp³-hybridized carbons (Fsp3) is 0.818. The van der Waals surface area contributed by atoms with Crippen LogP contribution in [0.15, 0.2) is 0 Å². The molecule has 0 unspecified atom stereocenters. The number of likely N-dealkylation sites (tertiary alicyclic amines) is 1. The number of carbonyl (C=O) groups is 1. The molecule has 1 aliphatic rings. The van der Waals surface area contributed by atoms with E-state index in [2.05, 4.69) is 12.4 Å². The van der Waals surface area contributed by atoms with Crippen molar-refractivity contribution in [3.05, 3.63) is 7.05 Å². The molecule has 0 aromatic heterocycles. The summed E-state index contributed by atoms with van der Waals surface area (Å²) in [5.74, 6) is 0.366. The molecule has 3 N–H and O–H groups in total. The van der Waals surface area contributed by atoms with E-state index in [1.807, 2.05) is 0 Å². The van der Waals surface area contributed by atoms with E-state index in [9.17, 15) is 4.79 Å². The molecule has 0 aliphatic carbocycles. The summed E-state index contributed by atoms with van der Waals surface area (Å²) in [6.07, 6.45) is 3.53. The lowest BCUT2D eigenvalue weighted by Gasteiger charge is -2.30. The lowest BCUT2D eigenvalue weighted by Crippen LogP contribution is -3.08. The topological polar surface area (TPSA) is 53.8 Å². The number of unbranched alkanes of at least 4 members (excludes halogenated alkanes) is 1. The van der Waals surface area contributed by atoms with Crippen LogP contribution in [0.25, 0.3) is 0 Å². The summed E-state index contributed by atoms with van der Waals surface area (Å²) in [7, 11) is 3.93. The lowest BCUT2D eigenvalue weighted by molar-refractivity contribution is -0.860. The van der Waals surface area contributed by atoms with Gasteiger partial charge in [0, 0.05) is 31.9 Å². The van der Waals surface area contributed by atoms with E-state index < -0.39 is 0 Å². The molecule has 1 fully saturated rings. The highest BCUT2D eigenvalue weighted by atomic mass is 16.2. The minimum absolute atomic E-state index is 0.181. The molecule has 1 aliphatic heterocycles. The van der Waals surface area contributed by atoms with Gasteiger partial charge in [0.25, 0.3) is 0 Å². The van der Waals surface area contributed by atoms with E-state index in [1.165, 1.54) is 4.90 Å². The van der Waals surface area contributed by atoms with Gasteiger partial charge in [-0.1, -0.05) is 0 Å². The Kier molecular flexibility index (Phi) is 5.65. The SMILES string of the molecule is [CH2-][NH+]1CCC(C(=O)NCCCCO)CC1. The van der Waals surface area contributed by atoms with Crippen LogP contribution < -0.4 is 10.2 Å². The highest BCUT2D eigenvalue weighted by Crippen LogP contribution is 2.09. The van der Waals surface area contributed by atoms with E-state index in [0.29, 0.717) is 6.54 Å². The number of hydrogen-bond donors (Lipinski definition) is 3. The quantitative estimate of drug-likeness (QED) is 0.404. The van der Waals surface area contributed by atoms with Crippen LogP contribution in [0.1, 0.15) is 25.7 Å². The molecule has 1 rings (SSSR count). The van der Waals surface area contributed by atoms with Crippen LogP contribution >= 0.6 is 0 Å². The first-order chi connectivity index (χ1) is 7.24. The minimum atomic E-state index is 0.181. The number of hydrogen-bond acceptors (Lipinski definition) is 2. The molecule has 0 aromatic carbocycles. The van der Waals surface area contributed by atoms with Gasteiger partial charge in [0.15, 0.2) is 0 Å². The molecule has 15 heavy (non-hydrogen) atoms. The summed E-state index contributed by atoms with van der Waals surface area (Å²) in [4.78, 5) is 12.9. The summed E-state index contributed by atoms with van der Waals surface area (Å²) in [6, 6.07) is 0. The van der Waals surface area contributed by atoms with Gasteiger partial charge in [0.05, 0.1) is 13.1 Å². The molecule has 0 atom stereocenters. The van der Waals surface area contributed by atoms with Gasteiger partial charge in [0.2, 0.25) is 5.91 Å². The van der Waals surface area contributed by atoms with Crippen LogP contribution in [-0.4, -0.2) is 37.3 Å². The fourth-order valence-electron chi connectivity index (χ4n) is 1.88. The van der Waals surface area contributed by atoms with Gasteiger partial charge in [-0.05, 0) is 12.8 Å². The van der Waals surface area contributed by atoms with E-state index in [0.717, 1.165) is 38.8 Å². The van der Waals surface area contributed by atoms with Gasteiger partial charge in [-0.15, -0.1) is 0 Å². The summed E-state index contributed by atoms with van der Waals surface area (Å²) in [5.41, 5.74) is 0. The van der Waals surface area contributed by atoms with Crippen molar-refractivity contribution in [2.24, 2.45) is 5.92 Å². The van der Waals surface area contributed by atoms with Crippen molar-refractivity contribution in [1.82, 2.24) is 5.32 Å². The first-order valence-electron chi connectivity index (χ1n) is 5.79. The second-order valence-electron chi connectivity index (χ2n) is 4.25. The van der Waals surface area contributed by atoms with Crippen LogP contribution in [0.5, 0.6) is 0 Å². The van der Waals surface area contributed by atoms with Crippen molar-refractivity contribution in [2.75, 3.05) is 26.2 Å². The molecule has 4 heteroatoms. The van der Waals surface area contributed by atoms with E-state index >= 15 is 0 Å². The summed E-state index contributed by atoms with van der Waals surface area (Å²) >= 11 is 0. The van der Waals surface area contributed by atoms with Gasteiger partial charge in [-0.3, -0.25) is 4.79 Å². The number of aliphatic hydroxyl groups excluding tert-OH is 1. The molecular formula is C11H22N2O2. The molecule has 1 saturated heterocycles. The zero-order valence-corrected chi connectivity index (χ0v) is 9.30. The van der Waals surface area contributed by atoms with Crippen LogP contribution in [0.4, 0.5) is 0 Å². The number of carbonyl (C=O) groups excluding carboxylic acids is 1. The Hall–Kier alpha value is -0.610. The Morgan fingerprint density at radius 2 is 2.07 bits per heavy atom. The third kappa shape index (κ3) is 4.62. The maximum Gasteiger partial charge on any atom is 0.223 e. The molecule has 1 heterocycles. The lowest BCUT2D eigenvalue weighted by atomic mass is 9.96. The first-order valence-corrected chi connectivity index (χ1v) is 5.79. The Balaban J connectivity index is 2.11. The van der Waals surface area contributed by atoms with Crippen molar-refractivity contribution in [2.45, 2.75) is 25.7 Å². The van der Waals surface area contributed by atoms with Gasteiger partial charge in [-0.25, -0.2) is 0 Å². The number of nitrogens with one attached hydrogen (secondary N) is 2. The Labute approximate surface area is 91.6 Å². The normalized spacial score (nSPS) is 26.3. The van der Waals surface area contributed by atoms with Gasteiger partial charge in [0.1, 0.15) is 0 Å². The third-order valence-electron chi connectivity index (χ3n) is 2.95. The molecule has 0 saturated carbocycles. The average Bonchev–Trinajstić information content (AvgIpc) is 2.25. The molecular weight excluding hydrogens is 192 g/mol. The number of amides is 1. The highest BCUT2D eigenvalue weighted by molar-refractivity contribution is 5.78. The van der Waals surface area contributed by atoms with Crippen molar-refractivity contribution >= 4 is 5.91 Å². The maximum absolute atomic E-state index is 11.7. The molecule has 1 amide bonds. The van der Waals surface area contributed by atoms with Crippen molar-refractivity contribution in [3.8, 4) is 0 Å². The van der Waals surface area contributed by atoms with Crippen molar-refractivity contribution in [1.29, 1.82) is 0 Å². The van der Waals surface area contributed by atoms with Crippen molar-refractivity contribution < 1.29 is 14.8 Å². The maximum atomic E-state index is 11.7. The van der Waals surface area contributed by atoms with Gasteiger partial charge in [-0.2, -0.15) is 7.05 Å². The number of rotatable bonds is 5. The molecule has 0 radical (unpaired) electrons. The van der Waals surface area contributed by atoms with E-state index in [1.54, 1.807) is 0 Å². The highest BCUT2D eigenvalue weighted by Gasteiger charge is 2.23. The number of aliphatic hydroxyl groups is 1. The standard InChI is InChI=1S/C11H22N2O2/c1-13-7-4-10(5-8-13)11(15)12-6-2-3-9-14/h10,13-14H,1-9H2,(H,12,15). The van der Waals surface area contributed by atoms with E-state index in [4.69, 9.17) is 5.11 Å². The predicted octanol–water partition coefficient (Wildman–Crippen LogP) is -1.04. The zero-order chi connectivity index (χ0) is 11.1. The molecule has 4 nitrogen and oxygen atoms in total. The summed E-state index contributed by atoms with van der Waals surface area (Å²) < 4.78 is 0. The Morgan fingerprint density at radius 3 is 2.67 bits per heavy atom. The first kappa shape index (κ1) is 12.5. The molecule has 0 spiro atoms. The average molecular weight is 214 g/mol. The Morgan fingerprint density at radius 1 is 1.40 bits per heavy atom. The Bertz CT molecular complexity index is 189. The fourth-order valence-corrected chi connectivity index (χ4v) is 1.88. The zero-order valence-electron chi connectivity index (χ0n) is 9.30. The van der Waals surface area contributed by atoms with Crippen LogP contribution in [0.2, 0.25) is 0 Å². The van der Waals surface area contributed by atoms with Gasteiger partial charge >= 0.3 is 0 Å². The summed E-state index contributed by atoms with van der Waals surface area (Å²) in [6.45, 7) is 2.89. The van der Waals surface area contributed by atoms with Crippen LogP contribution in [0.3, 0.4) is 0 Å². The van der Waals surface area contributed by atoms with Crippen LogP contribution in [-0.2, 0) is 4.79 Å². The predicted molar refractivity (Wildman–Crippen MR) is 58.1 cm³/mol.